The minimum Gasteiger partial charge on any atom is -0.333 e. The predicted octanol–water partition coefficient (Wildman–Crippen LogP) is 2.86. The van der Waals surface area contributed by atoms with Gasteiger partial charge >= 0.3 is 0 Å². The molecule has 0 radical (unpaired) electrons. The quantitative estimate of drug-likeness (QED) is 0.707. The summed E-state index contributed by atoms with van der Waals surface area (Å²) in [6.07, 6.45) is 3.05. The summed E-state index contributed by atoms with van der Waals surface area (Å²) in [5.74, 6) is -0.650. The van der Waals surface area contributed by atoms with Crippen LogP contribution in [0.3, 0.4) is 0 Å². The van der Waals surface area contributed by atoms with Gasteiger partial charge in [0.15, 0.2) is 5.82 Å². The number of tetrazole rings is 1. The number of halogens is 2. The van der Waals surface area contributed by atoms with Gasteiger partial charge in [-0.25, -0.2) is 4.39 Å². The Labute approximate surface area is 171 Å². The van der Waals surface area contributed by atoms with E-state index < -0.39 is 11.7 Å². The van der Waals surface area contributed by atoms with Crippen molar-refractivity contribution >= 4 is 34.7 Å². The van der Waals surface area contributed by atoms with Gasteiger partial charge in [0, 0.05) is 36.4 Å². The van der Waals surface area contributed by atoms with Crippen molar-refractivity contribution in [3.63, 3.8) is 0 Å². The highest BCUT2D eigenvalue weighted by Gasteiger charge is 2.22. The molecular formula is C19H17ClFN7O. The standard InChI is InChI=1S/C19H17ClFN7O/c1-27-25-19(24-26-27)28-9-7-16(20)15(11-28)12-2-4-13(5-3-12)23-18(29)14-6-8-22-10-17(14)21/h2-6,8,10H,7,9,11H2,1H3,(H,23,29). The summed E-state index contributed by atoms with van der Waals surface area (Å²) in [5, 5.41) is 15.6. The molecule has 0 atom stereocenters. The van der Waals surface area contributed by atoms with Gasteiger partial charge in [-0.2, -0.15) is 4.80 Å². The largest absolute Gasteiger partial charge is 0.333 e. The molecule has 2 aromatic heterocycles. The lowest BCUT2D eigenvalue weighted by atomic mass is 10.0. The monoisotopic (exact) mass is 413 g/mol. The van der Waals surface area contributed by atoms with Gasteiger partial charge in [0.05, 0.1) is 18.8 Å². The molecule has 0 aliphatic carbocycles. The van der Waals surface area contributed by atoms with Gasteiger partial charge in [0.25, 0.3) is 11.9 Å². The highest BCUT2D eigenvalue weighted by atomic mass is 35.5. The zero-order valence-electron chi connectivity index (χ0n) is 15.5. The minimum absolute atomic E-state index is 0.0609. The average molecular weight is 414 g/mol. The second-order valence-corrected chi connectivity index (χ2v) is 6.98. The van der Waals surface area contributed by atoms with Crippen molar-refractivity contribution in [2.24, 2.45) is 7.05 Å². The van der Waals surface area contributed by atoms with E-state index in [1.165, 1.54) is 17.1 Å². The second-order valence-electron chi connectivity index (χ2n) is 6.52. The molecule has 148 valence electrons. The number of aromatic nitrogens is 5. The number of amides is 1. The first-order chi connectivity index (χ1) is 14.0. The van der Waals surface area contributed by atoms with Crippen LogP contribution in [-0.4, -0.2) is 44.2 Å². The van der Waals surface area contributed by atoms with Gasteiger partial charge in [-0.3, -0.25) is 9.78 Å². The first-order valence-electron chi connectivity index (χ1n) is 8.89. The number of hydrogen-bond donors (Lipinski definition) is 1. The molecule has 3 aromatic rings. The number of anilines is 2. The summed E-state index contributed by atoms with van der Waals surface area (Å²) in [4.78, 5) is 19.3. The van der Waals surface area contributed by atoms with Crippen LogP contribution in [0.4, 0.5) is 16.0 Å². The minimum atomic E-state index is -0.668. The molecule has 0 spiro atoms. The lowest BCUT2D eigenvalue weighted by Crippen LogP contribution is -2.31. The molecule has 10 heteroatoms. The lowest BCUT2D eigenvalue weighted by Gasteiger charge is -2.28. The summed E-state index contributed by atoms with van der Waals surface area (Å²) in [6.45, 7) is 1.26. The first kappa shape index (κ1) is 19.0. The molecule has 1 N–H and O–H groups in total. The van der Waals surface area contributed by atoms with Crippen LogP contribution in [0.1, 0.15) is 22.3 Å². The fourth-order valence-corrected chi connectivity index (χ4v) is 3.32. The van der Waals surface area contributed by atoms with Crippen LogP contribution in [0.5, 0.6) is 0 Å². The van der Waals surface area contributed by atoms with E-state index in [4.69, 9.17) is 11.6 Å². The third-order valence-electron chi connectivity index (χ3n) is 4.57. The van der Waals surface area contributed by atoms with Crippen molar-refractivity contribution < 1.29 is 9.18 Å². The Hall–Kier alpha value is -3.33. The molecule has 0 bridgehead atoms. The maximum Gasteiger partial charge on any atom is 0.266 e. The molecule has 29 heavy (non-hydrogen) atoms. The Kier molecular flexibility index (Phi) is 5.22. The van der Waals surface area contributed by atoms with Crippen LogP contribution in [0.25, 0.3) is 5.57 Å². The summed E-state index contributed by atoms with van der Waals surface area (Å²) in [5.41, 5.74) is 2.38. The Morgan fingerprint density at radius 3 is 2.72 bits per heavy atom. The van der Waals surface area contributed by atoms with Crippen LogP contribution >= 0.6 is 11.6 Å². The molecule has 4 rings (SSSR count). The summed E-state index contributed by atoms with van der Waals surface area (Å²) in [7, 11) is 1.72. The number of nitrogens with one attached hydrogen (secondary N) is 1. The van der Waals surface area contributed by atoms with Gasteiger partial charge in [-0.05, 0) is 34.5 Å². The molecule has 3 heterocycles. The molecule has 1 aliphatic heterocycles. The molecule has 0 unspecified atom stereocenters. The zero-order valence-corrected chi connectivity index (χ0v) is 16.3. The second kappa shape index (κ2) is 7.96. The Balaban J connectivity index is 1.49. The average Bonchev–Trinajstić information content (AvgIpc) is 3.16. The van der Waals surface area contributed by atoms with Crippen molar-refractivity contribution in [2.45, 2.75) is 6.42 Å². The van der Waals surface area contributed by atoms with E-state index in [0.29, 0.717) is 31.1 Å². The normalized spacial score (nSPS) is 14.2. The molecule has 1 aromatic carbocycles. The predicted molar refractivity (Wildman–Crippen MR) is 107 cm³/mol. The number of benzene rings is 1. The number of carbonyl (C=O) groups excluding carboxylic acids is 1. The van der Waals surface area contributed by atoms with E-state index in [0.717, 1.165) is 22.4 Å². The molecule has 8 nitrogen and oxygen atoms in total. The number of hydrogen-bond acceptors (Lipinski definition) is 6. The van der Waals surface area contributed by atoms with Crippen LogP contribution in [0, 0.1) is 5.82 Å². The molecular weight excluding hydrogens is 397 g/mol. The molecule has 0 saturated heterocycles. The molecule has 1 aliphatic rings. The van der Waals surface area contributed by atoms with E-state index >= 15 is 0 Å². The summed E-state index contributed by atoms with van der Waals surface area (Å²) < 4.78 is 13.7. The van der Waals surface area contributed by atoms with Crippen molar-refractivity contribution in [2.75, 3.05) is 23.3 Å². The van der Waals surface area contributed by atoms with Crippen LogP contribution in [0.2, 0.25) is 0 Å². The van der Waals surface area contributed by atoms with Crippen molar-refractivity contribution in [1.82, 2.24) is 25.2 Å². The van der Waals surface area contributed by atoms with Gasteiger partial charge in [-0.1, -0.05) is 28.8 Å². The van der Waals surface area contributed by atoms with Gasteiger partial charge in [0.1, 0.15) is 0 Å². The van der Waals surface area contributed by atoms with E-state index in [9.17, 15) is 9.18 Å². The Bertz CT molecular complexity index is 1080. The number of aryl methyl sites for hydroxylation is 1. The van der Waals surface area contributed by atoms with Crippen LogP contribution in [-0.2, 0) is 7.05 Å². The Morgan fingerprint density at radius 1 is 1.24 bits per heavy atom. The van der Waals surface area contributed by atoms with Gasteiger partial charge in [0.2, 0.25) is 0 Å². The molecule has 0 saturated carbocycles. The van der Waals surface area contributed by atoms with E-state index in [1.54, 1.807) is 19.2 Å². The third kappa shape index (κ3) is 4.09. The van der Waals surface area contributed by atoms with E-state index in [2.05, 4.69) is 25.7 Å². The zero-order chi connectivity index (χ0) is 20.4. The van der Waals surface area contributed by atoms with Gasteiger partial charge < -0.3 is 10.2 Å². The lowest BCUT2D eigenvalue weighted by molar-refractivity contribution is 0.102. The van der Waals surface area contributed by atoms with Crippen molar-refractivity contribution in [3.8, 4) is 0 Å². The number of rotatable bonds is 4. The van der Waals surface area contributed by atoms with Crippen molar-refractivity contribution in [1.29, 1.82) is 0 Å². The topological polar surface area (TPSA) is 88.8 Å². The highest BCUT2D eigenvalue weighted by Crippen LogP contribution is 2.31. The first-order valence-corrected chi connectivity index (χ1v) is 9.27. The van der Waals surface area contributed by atoms with Crippen molar-refractivity contribution in [3.05, 3.63) is 64.7 Å². The fourth-order valence-electron chi connectivity index (χ4n) is 3.07. The SMILES string of the molecule is Cn1nnc(N2CCC(Cl)=C(c3ccc(NC(=O)c4ccncc4F)cc3)C2)n1. The van der Waals surface area contributed by atoms with Crippen LogP contribution < -0.4 is 10.2 Å². The Morgan fingerprint density at radius 2 is 2.03 bits per heavy atom. The fraction of sp³-hybridized carbons (Fsp3) is 0.211. The summed E-state index contributed by atoms with van der Waals surface area (Å²) >= 11 is 6.47. The maximum absolute atomic E-state index is 13.7. The third-order valence-corrected chi connectivity index (χ3v) is 4.98. The number of carbonyl (C=O) groups is 1. The molecule has 0 fully saturated rings. The smallest absolute Gasteiger partial charge is 0.266 e. The van der Waals surface area contributed by atoms with E-state index in [1.807, 2.05) is 17.0 Å². The number of nitrogens with zero attached hydrogens (tertiary/aromatic N) is 6. The highest BCUT2D eigenvalue weighted by molar-refractivity contribution is 6.33. The van der Waals surface area contributed by atoms with Crippen LogP contribution in [0.15, 0.2) is 47.8 Å². The number of pyridine rings is 1. The molecule has 1 amide bonds. The summed E-state index contributed by atoms with van der Waals surface area (Å²) in [6, 6.07) is 8.57. The van der Waals surface area contributed by atoms with Gasteiger partial charge in [-0.15, -0.1) is 5.10 Å². The maximum atomic E-state index is 13.7. The van der Waals surface area contributed by atoms with E-state index in [-0.39, 0.29) is 5.56 Å².